The third-order valence-corrected chi connectivity index (χ3v) is 7.69. The van der Waals surface area contributed by atoms with Gasteiger partial charge in [-0.25, -0.2) is 4.98 Å². The number of aryl methyl sites for hydroxylation is 3. The van der Waals surface area contributed by atoms with E-state index in [9.17, 15) is 15.3 Å². The largest absolute Gasteiger partial charge is 0.317 e. The van der Waals surface area contributed by atoms with Gasteiger partial charge in [-0.1, -0.05) is 0 Å². The average molecular weight is 423 g/mol. The van der Waals surface area contributed by atoms with E-state index in [1.807, 2.05) is 6.07 Å². The fraction of sp³-hybridized carbons (Fsp3) is 0.455. The van der Waals surface area contributed by atoms with Gasteiger partial charge in [-0.3, -0.25) is 4.79 Å². The molecule has 1 N–H and O–H groups in total. The Morgan fingerprint density at radius 2 is 1.93 bits per heavy atom. The molecule has 2 heterocycles. The minimum atomic E-state index is -0.0935. The minimum Gasteiger partial charge on any atom is -0.317 e. The van der Waals surface area contributed by atoms with Crippen molar-refractivity contribution in [3.63, 3.8) is 0 Å². The second-order valence-corrected chi connectivity index (χ2v) is 9.63. The molecule has 2 aliphatic carbocycles. The van der Waals surface area contributed by atoms with E-state index in [-0.39, 0.29) is 5.91 Å². The van der Waals surface area contributed by atoms with Crippen LogP contribution in [0.1, 0.15) is 64.9 Å². The van der Waals surface area contributed by atoms with E-state index in [0.29, 0.717) is 28.3 Å². The van der Waals surface area contributed by atoms with E-state index in [0.717, 1.165) is 67.6 Å². The van der Waals surface area contributed by atoms with Gasteiger partial charge >= 0.3 is 0 Å². The molecular weight excluding hydrogens is 400 g/mol. The van der Waals surface area contributed by atoms with Crippen LogP contribution >= 0.6 is 23.1 Å². The Labute approximate surface area is 179 Å². The van der Waals surface area contributed by atoms with E-state index in [1.54, 1.807) is 11.3 Å². The molecule has 0 bridgehead atoms. The van der Waals surface area contributed by atoms with Crippen molar-refractivity contribution >= 4 is 34.0 Å². The van der Waals surface area contributed by atoms with Gasteiger partial charge < -0.3 is 5.32 Å². The lowest BCUT2D eigenvalue weighted by Gasteiger charge is -2.16. The normalized spacial score (nSPS) is 15.0. The third-order valence-electron chi connectivity index (χ3n) is 5.49. The smallest absolute Gasteiger partial charge is 0.225 e. The van der Waals surface area contributed by atoms with Crippen molar-refractivity contribution in [3.05, 3.63) is 38.9 Å². The number of amides is 1. The standard InChI is InChI=1S/C22H22N4OS2/c23-12-15-11-14-5-1-3-7-18(14)25-21(15)28-10-9-20(27)26-22-17(13-24)16-6-2-4-8-19(16)29-22/h11H,1-10H2,(H,26,27). The molecular formula is C22H22N4OS2. The fourth-order valence-electron chi connectivity index (χ4n) is 4.01. The van der Waals surface area contributed by atoms with Gasteiger partial charge in [0.1, 0.15) is 22.2 Å². The van der Waals surface area contributed by atoms with Crippen LogP contribution in [-0.2, 0) is 30.5 Å². The summed E-state index contributed by atoms with van der Waals surface area (Å²) in [5.74, 6) is 0.461. The van der Waals surface area contributed by atoms with Crippen molar-refractivity contribution in [3.8, 4) is 12.1 Å². The molecule has 4 rings (SSSR count). The summed E-state index contributed by atoms with van der Waals surface area (Å²) in [6.45, 7) is 0. The van der Waals surface area contributed by atoms with Gasteiger partial charge in [-0.05, 0) is 68.6 Å². The highest BCUT2D eigenvalue weighted by Gasteiger charge is 2.22. The van der Waals surface area contributed by atoms with E-state index in [2.05, 4.69) is 17.5 Å². The molecule has 7 heteroatoms. The lowest BCUT2D eigenvalue weighted by atomic mass is 9.95. The molecule has 0 spiro atoms. The van der Waals surface area contributed by atoms with E-state index in [1.165, 1.54) is 22.2 Å². The average Bonchev–Trinajstić information content (AvgIpc) is 3.09. The zero-order valence-electron chi connectivity index (χ0n) is 16.2. The molecule has 0 aromatic carbocycles. The van der Waals surface area contributed by atoms with Crippen molar-refractivity contribution in [1.29, 1.82) is 10.5 Å². The molecule has 2 aromatic rings. The van der Waals surface area contributed by atoms with Gasteiger partial charge in [0.05, 0.1) is 11.1 Å². The number of carbonyl (C=O) groups excluding carboxylic acids is 1. The van der Waals surface area contributed by atoms with Crippen LogP contribution in [0.15, 0.2) is 11.1 Å². The summed E-state index contributed by atoms with van der Waals surface area (Å²) in [6, 6.07) is 6.50. The third kappa shape index (κ3) is 4.32. The number of thiophene rings is 1. The zero-order valence-corrected chi connectivity index (χ0v) is 17.8. The van der Waals surface area contributed by atoms with E-state index in [4.69, 9.17) is 4.98 Å². The number of thioether (sulfide) groups is 1. The molecule has 2 aromatic heterocycles. The topological polar surface area (TPSA) is 89.6 Å². The Morgan fingerprint density at radius 3 is 2.76 bits per heavy atom. The maximum absolute atomic E-state index is 12.5. The number of aromatic nitrogens is 1. The summed E-state index contributed by atoms with van der Waals surface area (Å²) in [5, 5.41) is 23.3. The number of pyridine rings is 1. The predicted octanol–water partition coefficient (Wildman–Crippen LogP) is 4.76. The van der Waals surface area contributed by atoms with Crippen LogP contribution < -0.4 is 5.32 Å². The Bertz CT molecular complexity index is 1030. The lowest BCUT2D eigenvalue weighted by Crippen LogP contribution is -2.12. The second kappa shape index (κ2) is 8.98. The van der Waals surface area contributed by atoms with Crippen molar-refractivity contribution in [2.45, 2.75) is 62.8 Å². The van der Waals surface area contributed by atoms with E-state index >= 15 is 0 Å². The van der Waals surface area contributed by atoms with Gasteiger partial charge in [-0.15, -0.1) is 23.1 Å². The monoisotopic (exact) mass is 422 g/mol. The van der Waals surface area contributed by atoms with Crippen molar-refractivity contribution in [2.75, 3.05) is 11.1 Å². The number of hydrogen-bond donors (Lipinski definition) is 1. The Balaban J connectivity index is 1.38. The van der Waals surface area contributed by atoms with Crippen LogP contribution in [0.5, 0.6) is 0 Å². The highest BCUT2D eigenvalue weighted by atomic mass is 32.2. The number of carbonyl (C=O) groups is 1. The number of nitriles is 2. The van der Waals surface area contributed by atoms with Crippen LogP contribution in [0.3, 0.4) is 0 Å². The highest BCUT2D eigenvalue weighted by Crippen LogP contribution is 2.37. The Morgan fingerprint density at radius 1 is 1.14 bits per heavy atom. The first-order chi connectivity index (χ1) is 14.2. The molecule has 0 saturated carbocycles. The molecule has 1 amide bonds. The maximum atomic E-state index is 12.5. The molecule has 2 aliphatic rings. The first kappa shape index (κ1) is 19.9. The van der Waals surface area contributed by atoms with Gasteiger partial charge in [0, 0.05) is 22.7 Å². The van der Waals surface area contributed by atoms with Crippen molar-refractivity contribution in [1.82, 2.24) is 4.98 Å². The number of nitrogens with one attached hydrogen (secondary N) is 1. The number of hydrogen-bond acceptors (Lipinski definition) is 6. The van der Waals surface area contributed by atoms with Crippen LogP contribution in [0, 0.1) is 22.7 Å². The van der Waals surface area contributed by atoms with Crippen molar-refractivity contribution < 1.29 is 4.79 Å². The fourth-order valence-corrected chi connectivity index (χ4v) is 6.18. The van der Waals surface area contributed by atoms with Gasteiger partial charge in [0.2, 0.25) is 5.91 Å². The predicted molar refractivity (Wildman–Crippen MR) is 115 cm³/mol. The molecule has 5 nitrogen and oxygen atoms in total. The SMILES string of the molecule is N#Cc1cc2c(nc1SCCC(=O)Nc1sc3c(c1C#N)CCCC3)CCCC2. The van der Waals surface area contributed by atoms with Crippen LogP contribution in [0.25, 0.3) is 0 Å². The number of rotatable bonds is 5. The van der Waals surface area contributed by atoms with E-state index < -0.39 is 0 Å². The van der Waals surface area contributed by atoms with Gasteiger partial charge in [0.25, 0.3) is 0 Å². The Kier molecular flexibility index (Phi) is 6.18. The lowest BCUT2D eigenvalue weighted by molar-refractivity contribution is -0.115. The zero-order chi connectivity index (χ0) is 20.2. The molecule has 0 fully saturated rings. The maximum Gasteiger partial charge on any atom is 0.225 e. The van der Waals surface area contributed by atoms with Crippen LogP contribution in [0.4, 0.5) is 5.00 Å². The first-order valence-electron chi connectivity index (χ1n) is 10.1. The summed E-state index contributed by atoms with van der Waals surface area (Å²) in [4.78, 5) is 18.4. The second-order valence-electron chi connectivity index (χ2n) is 7.44. The quantitative estimate of drug-likeness (QED) is 0.701. The molecule has 29 heavy (non-hydrogen) atoms. The Hall–Kier alpha value is -2.35. The van der Waals surface area contributed by atoms with Crippen molar-refractivity contribution in [2.24, 2.45) is 0 Å². The highest BCUT2D eigenvalue weighted by molar-refractivity contribution is 7.99. The molecule has 0 unspecified atom stereocenters. The number of fused-ring (bicyclic) bond motifs is 2. The number of anilines is 1. The van der Waals surface area contributed by atoms with Gasteiger partial charge in [0.15, 0.2) is 0 Å². The summed E-state index contributed by atoms with van der Waals surface area (Å²) in [7, 11) is 0. The summed E-state index contributed by atoms with van der Waals surface area (Å²) < 4.78 is 0. The first-order valence-corrected chi connectivity index (χ1v) is 11.9. The van der Waals surface area contributed by atoms with Gasteiger partial charge in [-0.2, -0.15) is 10.5 Å². The molecule has 0 saturated heterocycles. The molecule has 0 atom stereocenters. The van der Waals surface area contributed by atoms with Crippen LogP contribution in [-0.4, -0.2) is 16.6 Å². The molecule has 0 aliphatic heterocycles. The number of nitrogens with zero attached hydrogens (tertiary/aromatic N) is 3. The summed E-state index contributed by atoms with van der Waals surface area (Å²) in [5.41, 5.74) is 4.68. The summed E-state index contributed by atoms with van der Waals surface area (Å²) >= 11 is 3.01. The summed E-state index contributed by atoms with van der Waals surface area (Å²) in [6.07, 6.45) is 8.78. The van der Waals surface area contributed by atoms with Crippen LogP contribution in [0.2, 0.25) is 0 Å². The molecule has 148 valence electrons. The minimum absolute atomic E-state index is 0.0935. The molecule has 0 radical (unpaired) electrons.